The average Bonchev–Trinajstić information content (AvgIpc) is 1.99. The minimum Gasteiger partial charge on any atom is -0.490 e. The summed E-state index contributed by atoms with van der Waals surface area (Å²) in [6.07, 6.45) is 0. The highest BCUT2D eigenvalue weighted by Gasteiger charge is 2.14. The molecule has 0 saturated carbocycles. The lowest BCUT2D eigenvalue weighted by Gasteiger charge is -2.00. The van der Waals surface area contributed by atoms with Gasteiger partial charge in [0.05, 0.1) is 0 Å². The van der Waals surface area contributed by atoms with Gasteiger partial charge in [-0.1, -0.05) is 0 Å². The largest absolute Gasteiger partial charge is 0.490 e. The lowest BCUT2D eigenvalue weighted by Crippen LogP contribution is -2.39. The number of aromatic nitrogens is 2. The third kappa shape index (κ3) is 1.28. The predicted molar refractivity (Wildman–Crippen MR) is 39.6 cm³/mol. The van der Waals surface area contributed by atoms with Gasteiger partial charge in [0.1, 0.15) is 5.49 Å². The van der Waals surface area contributed by atoms with Crippen molar-refractivity contribution in [2.75, 3.05) is 0 Å². The number of nitro groups is 1. The summed E-state index contributed by atoms with van der Waals surface area (Å²) in [4.78, 5) is 21.3. The highest BCUT2D eigenvalue weighted by molar-refractivity contribution is 5.03. The van der Waals surface area contributed by atoms with Gasteiger partial charge in [0.25, 0.3) is 5.88 Å². The van der Waals surface area contributed by atoms with Crippen LogP contribution in [0.25, 0.3) is 0 Å². The fraction of sp³-hybridized carbons (Fsp3) is 0.200. The molecule has 1 aromatic heterocycles. The summed E-state index contributed by atoms with van der Waals surface area (Å²) in [5.74, 6) is -0.863. The van der Waals surface area contributed by atoms with E-state index in [9.17, 15) is 14.9 Å². The quantitative estimate of drug-likeness (QED) is 0.406. The molecular formula is C5H6N4O4. The van der Waals surface area contributed by atoms with Gasteiger partial charge in [-0.2, -0.15) is 0 Å². The molecule has 0 aromatic carbocycles. The van der Waals surface area contributed by atoms with Crippen LogP contribution in [0.15, 0.2) is 10.9 Å². The molecular weight excluding hydrogens is 180 g/mol. The van der Waals surface area contributed by atoms with Crippen LogP contribution < -0.4 is 11.2 Å². The summed E-state index contributed by atoms with van der Waals surface area (Å²) in [5.41, 5.74) is -1.38. The van der Waals surface area contributed by atoms with E-state index in [1.165, 1.54) is 7.05 Å². The van der Waals surface area contributed by atoms with Crippen LogP contribution in [0.3, 0.4) is 0 Å². The number of hydrogen-bond donors (Lipinski definition) is 2. The summed E-state index contributed by atoms with van der Waals surface area (Å²) in [6, 6.07) is 0.810. The topological polar surface area (TPSA) is 114 Å². The highest BCUT2D eigenvalue weighted by atomic mass is 16.7. The fourth-order valence-corrected chi connectivity index (χ4v) is 0.777. The molecule has 0 amide bonds. The maximum atomic E-state index is 11.1. The van der Waals surface area contributed by atoms with Crippen LogP contribution in [0.4, 0.5) is 0 Å². The molecule has 13 heavy (non-hydrogen) atoms. The Labute approximate surface area is 70.9 Å². The highest BCUT2D eigenvalue weighted by Crippen LogP contribution is 1.98. The molecule has 0 fully saturated rings. The second kappa shape index (κ2) is 2.73. The molecule has 0 aliphatic heterocycles. The van der Waals surface area contributed by atoms with E-state index < -0.39 is 16.6 Å². The summed E-state index contributed by atoms with van der Waals surface area (Å²) in [7, 11) is 1.20. The van der Waals surface area contributed by atoms with Gasteiger partial charge in [0, 0.05) is 17.8 Å². The molecule has 0 aliphatic carbocycles. The Morgan fingerprint density at radius 2 is 2.23 bits per heavy atom. The molecule has 0 unspecified atom stereocenters. The molecule has 2 N–H and O–H groups in total. The smallest absolute Gasteiger partial charge is 0.393 e. The van der Waals surface area contributed by atoms with E-state index in [-0.39, 0.29) is 10.2 Å². The zero-order chi connectivity index (χ0) is 10.2. The normalized spacial score (nSPS) is 9.92. The number of hydrogen-bond acceptors (Lipinski definition) is 5. The number of nitrogens with zero attached hydrogens (tertiary/aromatic N) is 3. The lowest BCUT2D eigenvalue weighted by atomic mass is 10.6. The number of rotatable bonds is 1. The predicted octanol–water partition coefficient (Wildman–Crippen LogP) is -1.59. The second-order valence-electron chi connectivity index (χ2n) is 2.28. The van der Waals surface area contributed by atoms with E-state index in [1.54, 1.807) is 0 Å². The molecule has 1 rings (SSSR count). The van der Waals surface area contributed by atoms with Crippen molar-refractivity contribution in [2.45, 2.75) is 0 Å². The van der Waals surface area contributed by atoms with Crippen LogP contribution in [0.5, 0.6) is 5.88 Å². The van der Waals surface area contributed by atoms with Gasteiger partial charge in [-0.05, 0) is 0 Å². The zero-order valence-electron chi connectivity index (χ0n) is 6.59. The van der Waals surface area contributed by atoms with E-state index in [0.29, 0.717) is 0 Å². The molecule has 0 bridgehead atoms. The van der Waals surface area contributed by atoms with Crippen molar-refractivity contribution in [1.29, 1.82) is 5.41 Å². The van der Waals surface area contributed by atoms with Crippen molar-refractivity contribution in [1.82, 2.24) is 9.24 Å². The van der Waals surface area contributed by atoms with E-state index in [2.05, 4.69) is 0 Å². The average molecular weight is 186 g/mol. The standard InChI is InChI=1S/C5H6N4O4/c1-7-3(6)2-4(10)8(5(7)11)9(12)13/h2,6,10H,1H3. The molecule has 8 nitrogen and oxygen atoms in total. The minimum absolute atomic E-state index is 0.0436. The Morgan fingerprint density at radius 3 is 2.69 bits per heavy atom. The van der Waals surface area contributed by atoms with Crippen molar-refractivity contribution in [3.05, 3.63) is 32.2 Å². The van der Waals surface area contributed by atoms with Crippen LogP contribution >= 0.6 is 0 Å². The van der Waals surface area contributed by atoms with Crippen LogP contribution in [-0.2, 0) is 7.05 Å². The van der Waals surface area contributed by atoms with Crippen molar-refractivity contribution < 1.29 is 10.1 Å². The molecule has 0 atom stereocenters. The van der Waals surface area contributed by atoms with Crippen LogP contribution in [0.2, 0.25) is 0 Å². The van der Waals surface area contributed by atoms with Crippen molar-refractivity contribution in [3.8, 4) is 5.88 Å². The first kappa shape index (κ1) is 8.97. The van der Waals surface area contributed by atoms with E-state index in [4.69, 9.17) is 10.5 Å². The van der Waals surface area contributed by atoms with Crippen LogP contribution in [-0.4, -0.2) is 19.4 Å². The van der Waals surface area contributed by atoms with Gasteiger partial charge in [-0.15, -0.1) is 0 Å². The molecule has 0 saturated heterocycles. The number of aromatic hydroxyl groups is 1. The summed E-state index contributed by atoms with van der Waals surface area (Å²) < 4.78 is 0.695. The maximum Gasteiger partial charge on any atom is 0.393 e. The minimum atomic E-state index is -1.07. The van der Waals surface area contributed by atoms with Crippen molar-refractivity contribution >= 4 is 0 Å². The molecule has 1 heterocycles. The Morgan fingerprint density at radius 1 is 1.69 bits per heavy atom. The van der Waals surface area contributed by atoms with Gasteiger partial charge in [0.2, 0.25) is 0 Å². The lowest BCUT2D eigenvalue weighted by molar-refractivity contribution is -0.547. The Kier molecular flexibility index (Phi) is 1.89. The molecule has 8 heteroatoms. The Hall–Kier alpha value is -2.12. The van der Waals surface area contributed by atoms with Crippen molar-refractivity contribution in [3.63, 3.8) is 0 Å². The summed E-state index contributed by atoms with van der Waals surface area (Å²) >= 11 is 0. The Balaban J connectivity index is 3.74. The monoisotopic (exact) mass is 186 g/mol. The van der Waals surface area contributed by atoms with Crippen LogP contribution in [0, 0.1) is 15.5 Å². The molecule has 1 aromatic rings. The Bertz CT molecular complexity index is 470. The zero-order valence-corrected chi connectivity index (χ0v) is 6.59. The van der Waals surface area contributed by atoms with Crippen molar-refractivity contribution in [2.24, 2.45) is 7.05 Å². The van der Waals surface area contributed by atoms with Gasteiger partial charge in [0.15, 0.2) is 5.03 Å². The van der Waals surface area contributed by atoms with Gasteiger partial charge < -0.3 is 5.11 Å². The number of nitrogens with one attached hydrogen (secondary N) is 1. The first-order valence-corrected chi connectivity index (χ1v) is 3.16. The molecule has 0 aliphatic rings. The van der Waals surface area contributed by atoms with E-state index >= 15 is 0 Å². The SMILES string of the molecule is Cn1c(=N)cc(O)n([N+](=O)[O-])c1=O. The fourth-order valence-electron chi connectivity index (χ4n) is 0.777. The first-order valence-electron chi connectivity index (χ1n) is 3.16. The molecule has 0 spiro atoms. The van der Waals surface area contributed by atoms with Gasteiger partial charge in [-0.3, -0.25) is 9.98 Å². The molecule has 70 valence electrons. The van der Waals surface area contributed by atoms with E-state index in [1.807, 2.05) is 0 Å². The maximum absolute atomic E-state index is 11.1. The summed E-state index contributed by atoms with van der Waals surface area (Å²) in [5, 5.41) is 25.2. The third-order valence-corrected chi connectivity index (χ3v) is 1.48. The third-order valence-electron chi connectivity index (χ3n) is 1.48. The van der Waals surface area contributed by atoms with Gasteiger partial charge in [-0.25, -0.2) is 14.9 Å². The first-order chi connectivity index (χ1) is 5.95. The summed E-state index contributed by atoms with van der Waals surface area (Å²) in [6.45, 7) is 0. The van der Waals surface area contributed by atoms with Gasteiger partial charge >= 0.3 is 5.69 Å². The second-order valence-corrected chi connectivity index (χ2v) is 2.28. The van der Waals surface area contributed by atoms with Crippen LogP contribution in [0.1, 0.15) is 0 Å². The molecule has 0 radical (unpaired) electrons. The van der Waals surface area contributed by atoms with E-state index in [0.717, 1.165) is 10.6 Å².